The number of imidazole rings is 1. The first-order valence-corrected chi connectivity index (χ1v) is 17.1. The van der Waals surface area contributed by atoms with Crippen LogP contribution in [-0.4, -0.2) is 60.7 Å². The quantitative estimate of drug-likeness (QED) is 0.235. The van der Waals surface area contributed by atoms with Gasteiger partial charge in [-0.15, -0.1) is 0 Å². The Hall–Kier alpha value is -5.04. The second-order valence-corrected chi connectivity index (χ2v) is 13.2. The van der Waals surface area contributed by atoms with E-state index in [0.717, 1.165) is 68.7 Å². The molecule has 0 unspecified atom stereocenters. The maximum absolute atomic E-state index is 14.5. The molecule has 2 aliphatic rings. The third-order valence-corrected chi connectivity index (χ3v) is 9.89. The number of nitrogens with one attached hydrogen (secondary N) is 1. The first kappa shape index (κ1) is 32.2. The summed E-state index contributed by atoms with van der Waals surface area (Å²) in [7, 11) is 0. The third kappa shape index (κ3) is 6.49. The lowest BCUT2D eigenvalue weighted by molar-refractivity contribution is 0.0342. The number of fused-ring (bicyclic) bond motifs is 2. The fraction of sp³-hybridized carbons (Fsp3) is 0.316. The number of nitrogens with zero attached hydrogens (tertiary/aromatic N) is 6. The zero-order valence-corrected chi connectivity index (χ0v) is 27.5. The minimum absolute atomic E-state index is 0.0611. The molecule has 5 heterocycles. The summed E-state index contributed by atoms with van der Waals surface area (Å²) in [6.07, 6.45) is 6.88. The zero-order chi connectivity index (χ0) is 34.2. The molecule has 50 heavy (non-hydrogen) atoms. The van der Waals surface area contributed by atoms with Gasteiger partial charge in [0.2, 0.25) is 0 Å². The molecule has 8 rings (SSSR count). The van der Waals surface area contributed by atoms with Gasteiger partial charge in [0, 0.05) is 50.7 Å². The van der Waals surface area contributed by atoms with Crippen LogP contribution >= 0.6 is 0 Å². The standard InChI is InChI=1S/C38H37F2N7O3/c39-28-8-13-35-43-31(24-45(35)23-28)21-41-30-9-11-32(12-10-30)47-37(48)34-19-29(40)20-42-36(34)46(38(47)49)33-3-1-2-27(18-33)26-6-4-25(5-7-26)22-44-14-16-50-17-15-44/h1-8,13,18-20,23-24,30,32,41H,9-12,14-17,21-22H2/t30-,32+. The average molecular weight is 678 g/mol. The number of benzene rings is 2. The molecule has 1 saturated heterocycles. The van der Waals surface area contributed by atoms with E-state index in [1.54, 1.807) is 16.7 Å². The van der Waals surface area contributed by atoms with Crippen LogP contribution in [0.1, 0.15) is 43.0 Å². The van der Waals surface area contributed by atoms with Gasteiger partial charge in [-0.2, -0.15) is 0 Å². The van der Waals surface area contributed by atoms with Crippen molar-refractivity contribution in [3.63, 3.8) is 0 Å². The fourth-order valence-electron chi connectivity index (χ4n) is 7.27. The minimum atomic E-state index is -0.639. The molecule has 4 aromatic heterocycles. The van der Waals surface area contributed by atoms with Gasteiger partial charge in [0.25, 0.3) is 5.56 Å². The van der Waals surface area contributed by atoms with E-state index in [-0.39, 0.29) is 28.9 Å². The number of hydrogen-bond acceptors (Lipinski definition) is 7. The molecule has 1 aliphatic heterocycles. The molecule has 1 aliphatic carbocycles. The largest absolute Gasteiger partial charge is 0.379 e. The molecule has 0 radical (unpaired) electrons. The lowest BCUT2D eigenvalue weighted by atomic mass is 9.91. The number of morpholine rings is 1. The van der Waals surface area contributed by atoms with Gasteiger partial charge < -0.3 is 14.5 Å². The summed E-state index contributed by atoms with van der Waals surface area (Å²) >= 11 is 0. The molecule has 10 nitrogen and oxygen atoms in total. The summed E-state index contributed by atoms with van der Waals surface area (Å²) in [5.74, 6) is -0.966. The molecule has 0 spiro atoms. The summed E-state index contributed by atoms with van der Waals surface area (Å²) in [5, 5.41) is 3.59. The first-order valence-electron chi connectivity index (χ1n) is 17.1. The van der Waals surface area contributed by atoms with Crippen LogP contribution in [0.5, 0.6) is 0 Å². The zero-order valence-electron chi connectivity index (χ0n) is 27.5. The van der Waals surface area contributed by atoms with Crippen LogP contribution in [0, 0.1) is 11.6 Å². The lowest BCUT2D eigenvalue weighted by Crippen LogP contribution is -2.44. The van der Waals surface area contributed by atoms with Crippen molar-refractivity contribution in [3.8, 4) is 16.8 Å². The summed E-state index contributed by atoms with van der Waals surface area (Å²) in [4.78, 5) is 39.3. The monoisotopic (exact) mass is 677 g/mol. The highest BCUT2D eigenvalue weighted by Gasteiger charge is 2.27. The SMILES string of the molecule is O=c1c2cc(F)cnc2n(-c2cccc(-c3ccc(CN4CCOCC4)cc3)c2)c(=O)n1[C@H]1CC[C@@H](NCc2cn3cc(F)ccc3n2)CC1. The maximum atomic E-state index is 14.5. The van der Waals surface area contributed by atoms with Gasteiger partial charge in [-0.05, 0) is 72.7 Å². The number of pyridine rings is 2. The van der Waals surface area contributed by atoms with Crippen LogP contribution in [0.15, 0.2) is 94.9 Å². The molecule has 1 N–H and O–H groups in total. The summed E-state index contributed by atoms with van der Waals surface area (Å²) < 4.78 is 38.0. The van der Waals surface area contributed by atoms with E-state index >= 15 is 0 Å². The van der Waals surface area contributed by atoms with Gasteiger partial charge in [-0.1, -0.05) is 36.4 Å². The van der Waals surface area contributed by atoms with Crippen LogP contribution in [0.4, 0.5) is 8.78 Å². The van der Waals surface area contributed by atoms with Crippen LogP contribution in [0.25, 0.3) is 33.5 Å². The van der Waals surface area contributed by atoms with Gasteiger partial charge in [0.1, 0.15) is 17.3 Å². The van der Waals surface area contributed by atoms with Gasteiger partial charge in [-0.25, -0.2) is 28.1 Å². The van der Waals surface area contributed by atoms with Crippen LogP contribution in [-0.2, 0) is 17.8 Å². The first-order chi connectivity index (χ1) is 24.4. The average Bonchev–Trinajstić information content (AvgIpc) is 3.54. The Kier molecular flexibility index (Phi) is 8.82. The molecular formula is C38H37F2N7O3. The maximum Gasteiger partial charge on any atom is 0.337 e. The number of ether oxygens (including phenoxy) is 1. The Morgan fingerprint density at radius 2 is 1.66 bits per heavy atom. The molecule has 12 heteroatoms. The Morgan fingerprint density at radius 3 is 2.46 bits per heavy atom. The Labute approximate surface area is 286 Å². The van der Waals surface area contributed by atoms with Crippen LogP contribution in [0.3, 0.4) is 0 Å². The highest BCUT2D eigenvalue weighted by atomic mass is 19.1. The summed E-state index contributed by atoms with van der Waals surface area (Å²) in [6.45, 7) is 4.71. The lowest BCUT2D eigenvalue weighted by Gasteiger charge is -2.30. The van der Waals surface area contributed by atoms with Crippen molar-refractivity contribution in [2.45, 2.75) is 50.9 Å². The minimum Gasteiger partial charge on any atom is -0.379 e. The molecule has 6 aromatic rings. The highest BCUT2D eigenvalue weighted by molar-refractivity contribution is 5.76. The Morgan fingerprint density at radius 1 is 0.860 bits per heavy atom. The summed E-state index contributed by atoms with van der Waals surface area (Å²) in [5.41, 5.74) is 4.22. The Bertz CT molecular complexity index is 2290. The molecule has 0 atom stereocenters. The number of halogens is 2. The molecule has 1 saturated carbocycles. The van der Waals surface area contributed by atoms with Crippen LogP contribution in [0.2, 0.25) is 0 Å². The van der Waals surface area contributed by atoms with Gasteiger partial charge in [0.15, 0.2) is 5.65 Å². The third-order valence-electron chi connectivity index (χ3n) is 9.89. The van der Waals surface area contributed by atoms with Crippen molar-refractivity contribution in [2.75, 3.05) is 26.3 Å². The Balaban J connectivity index is 1.04. The van der Waals surface area contributed by atoms with Crippen molar-refractivity contribution in [3.05, 3.63) is 129 Å². The van der Waals surface area contributed by atoms with E-state index < -0.39 is 17.1 Å². The van der Waals surface area contributed by atoms with Gasteiger partial charge in [-0.3, -0.25) is 14.3 Å². The molecule has 2 fully saturated rings. The van der Waals surface area contributed by atoms with E-state index in [2.05, 4.69) is 44.5 Å². The van der Waals surface area contributed by atoms with E-state index in [0.29, 0.717) is 30.7 Å². The molecular weight excluding hydrogens is 640 g/mol. The molecule has 256 valence electrons. The van der Waals surface area contributed by atoms with E-state index in [4.69, 9.17) is 4.74 Å². The smallest absolute Gasteiger partial charge is 0.337 e. The predicted octanol–water partition coefficient (Wildman–Crippen LogP) is 5.25. The van der Waals surface area contributed by atoms with Gasteiger partial charge >= 0.3 is 5.69 Å². The number of hydrogen-bond donors (Lipinski definition) is 1. The summed E-state index contributed by atoms with van der Waals surface area (Å²) in [6, 6.07) is 20.0. The molecule has 0 bridgehead atoms. The van der Waals surface area contributed by atoms with Crippen molar-refractivity contribution in [1.29, 1.82) is 0 Å². The van der Waals surface area contributed by atoms with E-state index in [1.165, 1.54) is 33.0 Å². The van der Waals surface area contributed by atoms with Crippen LogP contribution < -0.4 is 16.6 Å². The second kappa shape index (κ2) is 13.7. The highest BCUT2D eigenvalue weighted by Crippen LogP contribution is 2.29. The molecule has 2 aromatic carbocycles. The van der Waals surface area contributed by atoms with Gasteiger partial charge in [0.05, 0.1) is 36.2 Å². The topological polar surface area (TPSA) is 98.7 Å². The predicted molar refractivity (Wildman–Crippen MR) is 186 cm³/mol. The second-order valence-electron chi connectivity index (χ2n) is 13.2. The van der Waals surface area contributed by atoms with Crippen molar-refractivity contribution in [1.82, 2.24) is 33.7 Å². The van der Waals surface area contributed by atoms with E-state index in [1.807, 2.05) is 24.3 Å². The normalized spacial score (nSPS) is 18.6. The number of aromatic nitrogens is 5. The number of rotatable bonds is 8. The molecule has 0 amide bonds. The van der Waals surface area contributed by atoms with Crippen molar-refractivity contribution in [2.24, 2.45) is 0 Å². The van der Waals surface area contributed by atoms with E-state index in [9.17, 15) is 18.4 Å². The fourth-order valence-corrected chi connectivity index (χ4v) is 7.27. The van der Waals surface area contributed by atoms with Crippen molar-refractivity contribution < 1.29 is 13.5 Å². The van der Waals surface area contributed by atoms with Crippen molar-refractivity contribution >= 4 is 16.7 Å².